The SMILES string of the molecule is Clc1ccc2nc(NCC3CCCO3)cnc2c1. The predicted octanol–water partition coefficient (Wildman–Crippen LogP) is 2.87. The van der Waals surface area contributed by atoms with Crippen LogP contribution in [0, 0.1) is 0 Å². The Morgan fingerprint density at radius 3 is 3.17 bits per heavy atom. The second-order valence-electron chi connectivity index (χ2n) is 4.40. The summed E-state index contributed by atoms with van der Waals surface area (Å²) in [6.45, 7) is 1.65. The van der Waals surface area contributed by atoms with Gasteiger partial charge in [-0.3, -0.25) is 4.98 Å². The monoisotopic (exact) mass is 263 g/mol. The van der Waals surface area contributed by atoms with E-state index in [4.69, 9.17) is 16.3 Å². The zero-order valence-corrected chi connectivity index (χ0v) is 10.7. The van der Waals surface area contributed by atoms with Crippen LogP contribution in [0.25, 0.3) is 11.0 Å². The van der Waals surface area contributed by atoms with Crippen LogP contribution in [-0.4, -0.2) is 29.2 Å². The van der Waals surface area contributed by atoms with Gasteiger partial charge in [-0.15, -0.1) is 0 Å². The third-order valence-electron chi connectivity index (χ3n) is 3.04. The molecule has 0 saturated carbocycles. The van der Waals surface area contributed by atoms with Gasteiger partial charge in [0, 0.05) is 18.2 Å². The molecular weight excluding hydrogens is 250 g/mol. The molecule has 1 saturated heterocycles. The maximum Gasteiger partial charge on any atom is 0.145 e. The van der Waals surface area contributed by atoms with Crippen molar-refractivity contribution in [1.82, 2.24) is 9.97 Å². The van der Waals surface area contributed by atoms with Crippen molar-refractivity contribution in [3.05, 3.63) is 29.4 Å². The molecule has 1 fully saturated rings. The van der Waals surface area contributed by atoms with Crippen LogP contribution in [0.2, 0.25) is 5.02 Å². The first-order chi connectivity index (χ1) is 8.81. The minimum atomic E-state index is 0.299. The number of rotatable bonds is 3. The lowest BCUT2D eigenvalue weighted by molar-refractivity contribution is 0.120. The third kappa shape index (κ3) is 2.54. The lowest BCUT2D eigenvalue weighted by Gasteiger charge is -2.11. The Morgan fingerprint density at radius 1 is 1.39 bits per heavy atom. The fraction of sp³-hybridized carbons (Fsp3) is 0.385. The Balaban J connectivity index is 1.74. The Hall–Kier alpha value is -1.39. The van der Waals surface area contributed by atoms with Crippen LogP contribution in [-0.2, 0) is 4.74 Å². The van der Waals surface area contributed by atoms with E-state index < -0.39 is 0 Å². The van der Waals surface area contributed by atoms with Crippen molar-refractivity contribution >= 4 is 28.5 Å². The molecule has 0 bridgehead atoms. The first kappa shape index (κ1) is 11.7. The maximum absolute atomic E-state index is 5.91. The van der Waals surface area contributed by atoms with Crippen LogP contribution in [0.15, 0.2) is 24.4 Å². The molecule has 1 N–H and O–H groups in total. The third-order valence-corrected chi connectivity index (χ3v) is 3.27. The average molecular weight is 264 g/mol. The Labute approximate surface area is 110 Å². The lowest BCUT2D eigenvalue weighted by atomic mass is 10.2. The summed E-state index contributed by atoms with van der Waals surface area (Å²) in [5.74, 6) is 0.778. The number of hydrogen-bond donors (Lipinski definition) is 1. The van der Waals surface area contributed by atoms with E-state index >= 15 is 0 Å². The largest absolute Gasteiger partial charge is 0.376 e. The van der Waals surface area contributed by atoms with Gasteiger partial charge >= 0.3 is 0 Å². The predicted molar refractivity (Wildman–Crippen MR) is 72.0 cm³/mol. The van der Waals surface area contributed by atoms with Gasteiger partial charge < -0.3 is 10.1 Å². The molecule has 0 spiro atoms. The molecule has 0 aliphatic carbocycles. The topological polar surface area (TPSA) is 47.0 Å². The van der Waals surface area contributed by atoms with Crippen molar-refractivity contribution in [2.24, 2.45) is 0 Å². The number of halogens is 1. The summed E-state index contributed by atoms with van der Waals surface area (Å²) in [5.41, 5.74) is 1.65. The van der Waals surface area contributed by atoms with Gasteiger partial charge in [0.15, 0.2) is 0 Å². The zero-order valence-electron chi connectivity index (χ0n) is 9.90. The highest BCUT2D eigenvalue weighted by Gasteiger charge is 2.15. The lowest BCUT2D eigenvalue weighted by Crippen LogP contribution is -2.19. The molecule has 1 aliphatic heterocycles. The number of aromatic nitrogens is 2. The zero-order chi connectivity index (χ0) is 12.4. The van der Waals surface area contributed by atoms with Gasteiger partial charge in [-0.2, -0.15) is 0 Å². The number of fused-ring (bicyclic) bond motifs is 1. The van der Waals surface area contributed by atoms with Crippen molar-refractivity contribution in [1.29, 1.82) is 0 Å². The fourth-order valence-electron chi connectivity index (χ4n) is 2.09. The molecule has 2 aromatic rings. The number of anilines is 1. The van der Waals surface area contributed by atoms with Crippen LogP contribution < -0.4 is 5.32 Å². The molecule has 0 amide bonds. The van der Waals surface area contributed by atoms with E-state index in [1.165, 1.54) is 0 Å². The molecule has 1 atom stereocenters. The molecule has 94 valence electrons. The van der Waals surface area contributed by atoms with Gasteiger partial charge in [0.25, 0.3) is 0 Å². The molecule has 1 aromatic carbocycles. The molecule has 0 radical (unpaired) electrons. The molecule has 18 heavy (non-hydrogen) atoms. The van der Waals surface area contributed by atoms with E-state index in [1.54, 1.807) is 6.20 Å². The Bertz CT molecular complexity index is 555. The van der Waals surface area contributed by atoms with Gasteiger partial charge in [-0.05, 0) is 31.0 Å². The number of benzene rings is 1. The molecule has 4 nitrogen and oxygen atoms in total. The van der Waals surface area contributed by atoms with Crippen molar-refractivity contribution in [3.8, 4) is 0 Å². The number of hydrogen-bond acceptors (Lipinski definition) is 4. The van der Waals surface area contributed by atoms with E-state index in [0.29, 0.717) is 11.1 Å². The summed E-state index contributed by atoms with van der Waals surface area (Å²) >= 11 is 5.91. The molecule has 1 aromatic heterocycles. The summed E-state index contributed by atoms with van der Waals surface area (Å²) in [6, 6.07) is 5.51. The van der Waals surface area contributed by atoms with Crippen LogP contribution in [0.1, 0.15) is 12.8 Å². The van der Waals surface area contributed by atoms with Crippen LogP contribution in [0.5, 0.6) is 0 Å². The van der Waals surface area contributed by atoms with Crippen LogP contribution in [0.4, 0.5) is 5.82 Å². The number of ether oxygens (including phenoxy) is 1. The van der Waals surface area contributed by atoms with Gasteiger partial charge in [0.2, 0.25) is 0 Å². The first-order valence-electron chi connectivity index (χ1n) is 6.09. The standard InChI is InChI=1S/C13H14ClN3O/c14-9-3-4-11-12(6-9)15-8-13(17-11)16-7-10-2-1-5-18-10/h3-4,6,8,10H,1-2,5,7H2,(H,16,17). The smallest absolute Gasteiger partial charge is 0.145 e. The van der Waals surface area contributed by atoms with Gasteiger partial charge in [0.1, 0.15) is 5.82 Å². The normalized spacial score (nSPS) is 19.3. The fourth-order valence-corrected chi connectivity index (χ4v) is 2.26. The van der Waals surface area contributed by atoms with E-state index in [-0.39, 0.29) is 0 Å². The Kier molecular flexibility index (Phi) is 3.30. The van der Waals surface area contributed by atoms with E-state index in [1.807, 2.05) is 18.2 Å². The maximum atomic E-state index is 5.91. The van der Waals surface area contributed by atoms with Gasteiger partial charge in [-0.1, -0.05) is 11.6 Å². The van der Waals surface area contributed by atoms with Gasteiger partial charge in [-0.25, -0.2) is 4.98 Å². The van der Waals surface area contributed by atoms with E-state index in [9.17, 15) is 0 Å². The number of nitrogens with zero attached hydrogens (tertiary/aromatic N) is 2. The molecule has 5 heteroatoms. The summed E-state index contributed by atoms with van der Waals surface area (Å²) in [5, 5.41) is 3.94. The number of nitrogens with one attached hydrogen (secondary N) is 1. The van der Waals surface area contributed by atoms with Crippen molar-refractivity contribution < 1.29 is 4.74 Å². The molecule has 1 aliphatic rings. The summed E-state index contributed by atoms with van der Waals surface area (Å²) in [4.78, 5) is 8.83. The molecule has 3 rings (SSSR count). The summed E-state index contributed by atoms with van der Waals surface area (Å²) in [7, 11) is 0. The van der Waals surface area contributed by atoms with E-state index in [2.05, 4.69) is 15.3 Å². The van der Waals surface area contributed by atoms with Gasteiger partial charge in [0.05, 0.1) is 23.3 Å². The minimum Gasteiger partial charge on any atom is -0.376 e. The average Bonchev–Trinajstić information content (AvgIpc) is 2.89. The first-order valence-corrected chi connectivity index (χ1v) is 6.47. The van der Waals surface area contributed by atoms with E-state index in [0.717, 1.165) is 42.8 Å². The second-order valence-corrected chi connectivity index (χ2v) is 4.84. The minimum absolute atomic E-state index is 0.299. The summed E-state index contributed by atoms with van der Waals surface area (Å²) in [6.07, 6.45) is 4.29. The highest BCUT2D eigenvalue weighted by atomic mass is 35.5. The highest BCUT2D eigenvalue weighted by Crippen LogP contribution is 2.18. The Morgan fingerprint density at radius 2 is 2.33 bits per heavy atom. The molecular formula is C13H14ClN3O. The quantitative estimate of drug-likeness (QED) is 0.925. The van der Waals surface area contributed by atoms with Crippen LogP contribution in [0.3, 0.4) is 0 Å². The van der Waals surface area contributed by atoms with Crippen LogP contribution >= 0.6 is 11.6 Å². The highest BCUT2D eigenvalue weighted by molar-refractivity contribution is 6.31. The molecule has 2 heterocycles. The second kappa shape index (κ2) is 5.08. The summed E-state index contributed by atoms with van der Waals surface area (Å²) < 4.78 is 5.55. The van der Waals surface area contributed by atoms with Crippen molar-refractivity contribution in [3.63, 3.8) is 0 Å². The molecule has 1 unspecified atom stereocenters. The van der Waals surface area contributed by atoms with Crippen molar-refractivity contribution in [2.45, 2.75) is 18.9 Å². The van der Waals surface area contributed by atoms with Crippen molar-refractivity contribution in [2.75, 3.05) is 18.5 Å².